The van der Waals surface area contributed by atoms with Crippen molar-refractivity contribution in [1.29, 1.82) is 0 Å². The highest BCUT2D eigenvalue weighted by Gasteiger charge is 2.37. The van der Waals surface area contributed by atoms with Crippen LogP contribution in [-0.2, 0) is 5.41 Å². The van der Waals surface area contributed by atoms with Crippen molar-refractivity contribution in [2.45, 2.75) is 70.4 Å². The van der Waals surface area contributed by atoms with Crippen molar-refractivity contribution in [3.8, 4) is 11.1 Å². The normalized spacial score (nSPS) is 14.9. The molecule has 2 nitrogen and oxygen atoms in total. The summed E-state index contributed by atoms with van der Waals surface area (Å²) in [5.74, 6) is 0.700. The van der Waals surface area contributed by atoms with Gasteiger partial charge in [0.2, 0.25) is 0 Å². The third-order valence-corrected chi connectivity index (χ3v) is 16.3. The van der Waals surface area contributed by atoms with Gasteiger partial charge in [-0.1, -0.05) is 149 Å². The molecule has 2 aliphatic rings. The van der Waals surface area contributed by atoms with Crippen LogP contribution in [0.2, 0.25) is 13.1 Å². The van der Waals surface area contributed by atoms with Crippen molar-refractivity contribution in [2.75, 3.05) is 9.80 Å². The lowest BCUT2D eigenvalue weighted by atomic mass is 9.78. The molecule has 0 amide bonds. The molecule has 1 aliphatic heterocycles. The summed E-state index contributed by atoms with van der Waals surface area (Å²) in [6.07, 6.45) is 6.72. The summed E-state index contributed by atoms with van der Waals surface area (Å²) < 4.78 is 0. The first-order valence-electron chi connectivity index (χ1n) is 20.5. The average Bonchev–Trinajstić information content (AvgIpc) is 3.48. The molecule has 1 heterocycles. The lowest BCUT2D eigenvalue weighted by molar-refractivity contribution is 0.443. The van der Waals surface area contributed by atoms with E-state index in [0.717, 1.165) is 11.4 Å². The van der Waals surface area contributed by atoms with Gasteiger partial charge in [-0.2, -0.15) is 0 Å². The quantitative estimate of drug-likeness (QED) is 0.136. The molecule has 1 aliphatic carbocycles. The minimum Gasteiger partial charge on any atom is -0.311 e. The summed E-state index contributed by atoms with van der Waals surface area (Å²) in [4.78, 5) is 4.80. The first kappa shape index (κ1) is 36.0. The van der Waals surface area contributed by atoms with Crippen LogP contribution < -0.4 is 20.2 Å². The van der Waals surface area contributed by atoms with E-state index in [4.69, 9.17) is 0 Å². The van der Waals surface area contributed by atoms with Crippen LogP contribution in [0.25, 0.3) is 11.1 Å². The molecule has 0 atom stereocenters. The molecule has 0 radical (unpaired) electrons. The zero-order chi connectivity index (χ0) is 38.3. The summed E-state index contributed by atoms with van der Waals surface area (Å²) in [5.41, 5.74) is 13.7. The average molecular weight is 745 g/mol. The Labute approximate surface area is 335 Å². The molecular formula is C53H52N2Si. The van der Waals surface area contributed by atoms with Gasteiger partial charge in [-0.25, -0.2) is 0 Å². The van der Waals surface area contributed by atoms with E-state index in [9.17, 15) is 0 Å². The Bertz CT molecular complexity index is 2430. The summed E-state index contributed by atoms with van der Waals surface area (Å²) in [7, 11) is -1.82. The molecule has 0 saturated heterocycles. The van der Waals surface area contributed by atoms with Crippen LogP contribution >= 0.6 is 0 Å². The molecule has 7 aromatic rings. The Morgan fingerprint density at radius 3 is 1.41 bits per heavy atom. The van der Waals surface area contributed by atoms with Crippen molar-refractivity contribution in [1.82, 2.24) is 0 Å². The second kappa shape index (κ2) is 14.8. The molecule has 0 unspecified atom stereocenters. The second-order valence-corrected chi connectivity index (χ2v) is 21.2. The van der Waals surface area contributed by atoms with E-state index in [2.05, 4.69) is 213 Å². The summed E-state index contributed by atoms with van der Waals surface area (Å²) in [6.45, 7) is 9.67. The van der Waals surface area contributed by atoms with Crippen LogP contribution in [0.3, 0.4) is 0 Å². The molecule has 1 fully saturated rings. The standard InChI is InChI=1S/C53H52N2Si/c1-53(2,41-26-32-46(33-27-41)54(43-18-10-6-11-19-43)45-30-24-40(25-31-45)39-16-8-5-9-17-39)42-28-34-47(35-29-42)55(44-20-12-7-13-21-44)48-36-37-50-49-22-14-15-23-51(49)56(3,4)52(50)38-48/h6-7,10-15,18-39H,5,8-9,16-17H2,1-4H3. The fraction of sp³-hybridized carbons (Fsp3) is 0.208. The van der Waals surface area contributed by atoms with Gasteiger partial charge in [0, 0.05) is 39.5 Å². The predicted octanol–water partition coefficient (Wildman–Crippen LogP) is 13.8. The number of hydrogen-bond acceptors (Lipinski definition) is 2. The molecule has 0 bridgehead atoms. The third kappa shape index (κ3) is 6.58. The smallest absolute Gasteiger partial charge is 0.113 e. The lowest BCUT2D eigenvalue weighted by Gasteiger charge is -2.30. The summed E-state index contributed by atoms with van der Waals surface area (Å²) >= 11 is 0. The maximum absolute atomic E-state index is 2.49. The van der Waals surface area contributed by atoms with Gasteiger partial charge in [0.05, 0.1) is 0 Å². The topological polar surface area (TPSA) is 6.48 Å². The molecule has 3 heteroatoms. The van der Waals surface area contributed by atoms with Crippen LogP contribution in [-0.4, -0.2) is 8.07 Å². The molecule has 1 saturated carbocycles. The van der Waals surface area contributed by atoms with Crippen LogP contribution in [0.1, 0.15) is 68.6 Å². The Hall–Kier alpha value is -5.64. The highest BCUT2D eigenvalue weighted by molar-refractivity contribution is 7.03. The first-order chi connectivity index (χ1) is 27.3. The van der Waals surface area contributed by atoms with Gasteiger partial charge in [0.1, 0.15) is 8.07 Å². The van der Waals surface area contributed by atoms with Gasteiger partial charge in [0.25, 0.3) is 0 Å². The highest BCUT2D eigenvalue weighted by Crippen LogP contribution is 2.42. The van der Waals surface area contributed by atoms with E-state index in [1.807, 2.05) is 0 Å². The maximum atomic E-state index is 2.49. The zero-order valence-electron chi connectivity index (χ0n) is 33.3. The first-order valence-corrected chi connectivity index (χ1v) is 23.5. The van der Waals surface area contributed by atoms with Crippen molar-refractivity contribution in [2.24, 2.45) is 0 Å². The van der Waals surface area contributed by atoms with Gasteiger partial charge >= 0.3 is 0 Å². The Morgan fingerprint density at radius 1 is 0.429 bits per heavy atom. The van der Waals surface area contributed by atoms with E-state index < -0.39 is 8.07 Å². The molecule has 7 aromatic carbocycles. The summed E-state index contributed by atoms with van der Waals surface area (Å²) in [6, 6.07) is 65.6. The summed E-state index contributed by atoms with van der Waals surface area (Å²) in [5, 5.41) is 3.05. The van der Waals surface area contributed by atoms with Gasteiger partial charge in [0.15, 0.2) is 0 Å². The van der Waals surface area contributed by atoms with E-state index in [-0.39, 0.29) is 5.41 Å². The molecule has 278 valence electrons. The van der Waals surface area contributed by atoms with Crippen molar-refractivity contribution < 1.29 is 0 Å². The Balaban J connectivity index is 1.01. The van der Waals surface area contributed by atoms with E-state index in [1.54, 1.807) is 0 Å². The van der Waals surface area contributed by atoms with Crippen molar-refractivity contribution >= 4 is 52.6 Å². The number of para-hydroxylation sites is 2. The number of rotatable bonds is 9. The molecule has 0 spiro atoms. The number of nitrogens with zero attached hydrogens (tertiary/aromatic N) is 2. The lowest BCUT2D eigenvalue weighted by Crippen LogP contribution is -2.49. The maximum Gasteiger partial charge on any atom is 0.113 e. The number of hydrogen-bond donors (Lipinski definition) is 0. The molecule has 56 heavy (non-hydrogen) atoms. The van der Waals surface area contributed by atoms with E-state index >= 15 is 0 Å². The van der Waals surface area contributed by atoms with Crippen LogP contribution in [0.4, 0.5) is 34.1 Å². The monoisotopic (exact) mass is 744 g/mol. The predicted molar refractivity (Wildman–Crippen MR) is 242 cm³/mol. The van der Waals surface area contributed by atoms with Gasteiger partial charge in [-0.15, -0.1) is 0 Å². The fourth-order valence-electron chi connectivity index (χ4n) is 9.43. The Kier molecular flexibility index (Phi) is 9.51. The fourth-order valence-corrected chi connectivity index (χ4v) is 12.5. The van der Waals surface area contributed by atoms with Crippen LogP contribution in [0.5, 0.6) is 0 Å². The molecule has 9 rings (SSSR count). The van der Waals surface area contributed by atoms with E-state index in [0.29, 0.717) is 5.92 Å². The highest BCUT2D eigenvalue weighted by atomic mass is 28.3. The molecule has 0 N–H and O–H groups in total. The van der Waals surface area contributed by atoms with Crippen molar-refractivity contribution in [3.63, 3.8) is 0 Å². The molecular weight excluding hydrogens is 693 g/mol. The second-order valence-electron chi connectivity index (χ2n) is 16.9. The number of anilines is 6. The minimum absolute atomic E-state index is 0.192. The largest absolute Gasteiger partial charge is 0.311 e. The molecule has 0 aromatic heterocycles. The van der Waals surface area contributed by atoms with Gasteiger partial charge in [-0.05, 0) is 130 Å². The van der Waals surface area contributed by atoms with Crippen LogP contribution in [0, 0.1) is 0 Å². The van der Waals surface area contributed by atoms with Gasteiger partial charge < -0.3 is 9.80 Å². The minimum atomic E-state index is -1.82. The zero-order valence-corrected chi connectivity index (χ0v) is 34.3. The number of benzene rings is 7. The SMILES string of the molecule is CC(C)(c1ccc(N(c2ccccc2)c2ccc(C3CCCCC3)cc2)cc1)c1ccc(N(c2ccccc2)c2ccc3c(c2)[Si](C)(C)c2ccccc2-3)cc1. The van der Waals surface area contributed by atoms with Crippen LogP contribution in [0.15, 0.2) is 176 Å². The number of fused-ring (bicyclic) bond motifs is 3. The van der Waals surface area contributed by atoms with Crippen molar-refractivity contribution in [3.05, 3.63) is 193 Å². The van der Waals surface area contributed by atoms with E-state index in [1.165, 1.54) is 93.0 Å². The Morgan fingerprint density at radius 2 is 0.857 bits per heavy atom. The third-order valence-electron chi connectivity index (χ3n) is 12.8. The van der Waals surface area contributed by atoms with Gasteiger partial charge in [-0.3, -0.25) is 0 Å².